The maximum Gasteiger partial charge on any atom is 0.254 e. The fourth-order valence-corrected chi connectivity index (χ4v) is 6.34. The molecule has 3 aromatic heterocycles. The summed E-state index contributed by atoms with van der Waals surface area (Å²) in [6, 6.07) is 20.8. The van der Waals surface area contributed by atoms with Gasteiger partial charge in [-0.1, -0.05) is 24.3 Å². The fourth-order valence-electron chi connectivity index (χ4n) is 6.34. The highest BCUT2D eigenvalue weighted by Crippen LogP contribution is 2.45. The molecule has 2 aromatic carbocycles. The van der Waals surface area contributed by atoms with E-state index in [9.17, 15) is 4.79 Å². The van der Waals surface area contributed by atoms with E-state index in [0.29, 0.717) is 0 Å². The van der Waals surface area contributed by atoms with Crippen LogP contribution in [0, 0.1) is 0 Å². The van der Waals surface area contributed by atoms with Gasteiger partial charge in [0.15, 0.2) is 0 Å². The van der Waals surface area contributed by atoms with Gasteiger partial charge in [-0.2, -0.15) is 5.10 Å². The molecule has 5 heterocycles. The van der Waals surface area contributed by atoms with Crippen LogP contribution in [0.15, 0.2) is 66.9 Å². The first kappa shape index (κ1) is 20.4. The summed E-state index contributed by atoms with van der Waals surface area (Å²) in [4.78, 5) is 20.4. The molecule has 6 nitrogen and oxygen atoms in total. The SMILES string of the molecule is Cn1nc2c(c1-c1cc3ccccc3n1C)C[C@@H]1CCC[C@H]2N1C(=O)c1ccc2ncccc2c1. The first-order chi connectivity index (χ1) is 17.1. The molecule has 1 fully saturated rings. The molecule has 0 unspecified atom stereocenters. The van der Waals surface area contributed by atoms with Crippen molar-refractivity contribution in [1.82, 2.24) is 24.2 Å². The Balaban J connectivity index is 1.32. The number of benzene rings is 2. The highest BCUT2D eigenvalue weighted by Gasteiger charge is 2.43. The average Bonchev–Trinajstić information content (AvgIpc) is 3.38. The Morgan fingerprint density at radius 1 is 0.971 bits per heavy atom. The van der Waals surface area contributed by atoms with E-state index in [2.05, 4.69) is 51.8 Å². The third kappa shape index (κ3) is 2.99. The van der Waals surface area contributed by atoms with Gasteiger partial charge < -0.3 is 9.47 Å². The zero-order valence-electron chi connectivity index (χ0n) is 20.0. The van der Waals surface area contributed by atoms with Crippen molar-refractivity contribution in [2.75, 3.05) is 0 Å². The lowest BCUT2D eigenvalue weighted by molar-refractivity contribution is 0.0392. The van der Waals surface area contributed by atoms with Gasteiger partial charge >= 0.3 is 0 Å². The van der Waals surface area contributed by atoms with Gasteiger partial charge in [-0.15, -0.1) is 0 Å². The molecule has 2 aliphatic heterocycles. The van der Waals surface area contributed by atoms with Gasteiger partial charge in [0.2, 0.25) is 0 Å². The van der Waals surface area contributed by atoms with Crippen LogP contribution in [0.25, 0.3) is 33.2 Å². The second kappa shape index (κ2) is 7.54. The van der Waals surface area contributed by atoms with Gasteiger partial charge in [-0.05, 0) is 62.1 Å². The zero-order valence-corrected chi connectivity index (χ0v) is 20.0. The van der Waals surface area contributed by atoms with Crippen molar-refractivity contribution >= 4 is 27.7 Å². The molecule has 2 bridgehead atoms. The van der Waals surface area contributed by atoms with Crippen LogP contribution in [-0.4, -0.2) is 36.2 Å². The number of carbonyl (C=O) groups is 1. The molecule has 174 valence electrons. The number of pyridine rings is 1. The van der Waals surface area contributed by atoms with Crippen LogP contribution >= 0.6 is 0 Å². The Morgan fingerprint density at radius 3 is 2.71 bits per heavy atom. The van der Waals surface area contributed by atoms with Crippen molar-refractivity contribution in [2.45, 2.75) is 37.8 Å². The van der Waals surface area contributed by atoms with Gasteiger partial charge in [0.25, 0.3) is 5.91 Å². The van der Waals surface area contributed by atoms with Crippen LogP contribution in [0.5, 0.6) is 0 Å². The lowest BCUT2D eigenvalue weighted by Gasteiger charge is -2.45. The lowest BCUT2D eigenvalue weighted by atomic mass is 9.81. The van der Waals surface area contributed by atoms with E-state index in [1.807, 2.05) is 42.1 Å². The lowest BCUT2D eigenvalue weighted by Crippen LogP contribution is -2.49. The molecular weight excluding hydrogens is 434 g/mol. The maximum absolute atomic E-state index is 13.9. The number of fused-ring (bicyclic) bond motifs is 6. The fraction of sp³-hybridized carbons (Fsp3) is 0.276. The number of aromatic nitrogens is 4. The quantitative estimate of drug-likeness (QED) is 0.353. The number of carbonyl (C=O) groups excluding carboxylic acids is 1. The standard InChI is InChI=1S/C29H27N5O/c1-32-24-10-4-3-7-19(24)16-26(32)28-22-17-21-9-5-11-25(27(22)31-33(28)2)34(21)29(35)20-12-13-23-18(15-20)8-6-14-30-23/h3-4,6-8,10,12-16,21,25H,5,9,11,17H2,1-2H3/t21-,25+/m0/s1. The second-order valence-corrected chi connectivity index (χ2v) is 9.91. The third-order valence-corrected chi connectivity index (χ3v) is 7.95. The molecule has 0 saturated carbocycles. The molecule has 0 spiro atoms. The second-order valence-electron chi connectivity index (χ2n) is 9.91. The van der Waals surface area contributed by atoms with Crippen molar-refractivity contribution in [3.8, 4) is 11.4 Å². The molecule has 0 aliphatic carbocycles. The Morgan fingerprint density at radius 2 is 1.83 bits per heavy atom. The largest absolute Gasteiger partial charge is 0.342 e. The molecule has 35 heavy (non-hydrogen) atoms. The highest BCUT2D eigenvalue weighted by molar-refractivity contribution is 5.98. The van der Waals surface area contributed by atoms with Crippen molar-refractivity contribution in [1.29, 1.82) is 0 Å². The monoisotopic (exact) mass is 461 g/mol. The summed E-state index contributed by atoms with van der Waals surface area (Å²) < 4.78 is 4.30. The molecule has 0 radical (unpaired) electrons. The normalized spacial score (nSPS) is 19.3. The Kier molecular flexibility index (Phi) is 4.40. The van der Waals surface area contributed by atoms with Crippen molar-refractivity contribution in [3.63, 3.8) is 0 Å². The molecule has 2 aliphatic rings. The Hall–Kier alpha value is -3.93. The van der Waals surface area contributed by atoms with Gasteiger partial charge in [0.05, 0.1) is 28.6 Å². The van der Waals surface area contributed by atoms with E-state index >= 15 is 0 Å². The smallest absolute Gasteiger partial charge is 0.254 e. The van der Waals surface area contributed by atoms with Crippen LogP contribution in [0.3, 0.4) is 0 Å². The van der Waals surface area contributed by atoms with E-state index < -0.39 is 0 Å². The van der Waals surface area contributed by atoms with Crippen LogP contribution in [0.2, 0.25) is 0 Å². The van der Waals surface area contributed by atoms with Gasteiger partial charge in [-0.3, -0.25) is 14.5 Å². The summed E-state index contributed by atoms with van der Waals surface area (Å²) in [5.74, 6) is 0.105. The van der Waals surface area contributed by atoms with E-state index in [-0.39, 0.29) is 18.0 Å². The summed E-state index contributed by atoms with van der Waals surface area (Å²) in [7, 11) is 4.17. The first-order valence-electron chi connectivity index (χ1n) is 12.4. The van der Waals surface area contributed by atoms with Gasteiger partial charge in [-0.25, -0.2) is 0 Å². The number of aryl methyl sites for hydroxylation is 2. The third-order valence-electron chi connectivity index (χ3n) is 7.95. The van der Waals surface area contributed by atoms with Crippen LogP contribution in [-0.2, 0) is 20.5 Å². The summed E-state index contributed by atoms with van der Waals surface area (Å²) >= 11 is 0. The van der Waals surface area contributed by atoms with Crippen LogP contribution in [0.1, 0.15) is 46.9 Å². The summed E-state index contributed by atoms with van der Waals surface area (Å²) in [5, 5.41) is 7.27. The van der Waals surface area contributed by atoms with Crippen molar-refractivity contribution in [3.05, 3.63) is 83.7 Å². The maximum atomic E-state index is 13.9. The Labute approximate surface area is 203 Å². The minimum atomic E-state index is 0.0178. The molecule has 5 aromatic rings. The average molecular weight is 462 g/mol. The molecule has 0 N–H and O–H groups in total. The molecule has 1 saturated heterocycles. The number of rotatable bonds is 2. The molecule has 7 rings (SSSR count). The highest BCUT2D eigenvalue weighted by atomic mass is 16.2. The molecule has 2 atom stereocenters. The molecule has 6 heteroatoms. The summed E-state index contributed by atoms with van der Waals surface area (Å²) in [5.41, 5.74) is 7.60. The minimum absolute atomic E-state index is 0.0178. The van der Waals surface area contributed by atoms with E-state index in [4.69, 9.17) is 5.10 Å². The van der Waals surface area contributed by atoms with E-state index in [1.165, 1.54) is 27.9 Å². The number of para-hydroxylation sites is 1. The zero-order chi connectivity index (χ0) is 23.7. The van der Waals surface area contributed by atoms with E-state index in [0.717, 1.165) is 47.8 Å². The predicted octanol–water partition coefficient (Wildman–Crippen LogP) is 5.42. The number of hydrogen-bond donors (Lipinski definition) is 0. The number of nitrogens with zero attached hydrogens (tertiary/aromatic N) is 5. The van der Waals surface area contributed by atoms with E-state index in [1.54, 1.807) is 6.20 Å². The number of amides is 1. The van der Waals surface area contributed by atoms with Gasteiger partial charge in [0, 0.05) is 53.8 Å². The van der Waals surface area contributed by atoms with Crippen LogP contribution < -0.4 is 0 Å². The summed E-state index contributed by atoms with van der Waals surface area (Å²) in [6.07, 6.45) is 5.74. The number of piperidine rings is 1. The molecule has 1 amide bonds. The topological polar surface area (TPSA) is 56.0 Å². The first-order valence-corrected chi connectivity index (χ1v) is 12.4. The minimum Gasteiger partial charge on any atom is -0.342 e. The van der Waals surface area contributed by atoms with Crippen LogP contribution in [0.4, 0.5) is 0 Å². The van der Waals surface area contributed by atoms with Crippen molar-refractivity contribution < 1.29 is 4.79 Å². The number of hydrogen-bond acceptors (Lipinski definition) is 3. The molecular formula is C29H27N5O. The Bertz CT molecular complexity index is 1630. The van der Waals surface area contributed by atoms with Gasteiger partial charge in [0.1, 0.15) is 0 Å². The van der Waals surface area contributed by atoms with Crippen molar-refractivity contribution in [2.24, 2.45) is 14.1 Å². The summed E-state index contributed by atoms with van der Waals surface area (Å²) in [6.45, 7) is 0. The predicted molar refractivity (Wildman–Crippen MR) is 137 cm³/mol.